The molecule has 198 valence electrons. The molecule has 1 atom stereocenters. The van der Waals surface area contributed by atoms with Gasteiger partial charge < -0.3 is 10.2 Å². The Morgan fingerprint density at radius 2 is 1.82 bits per heavy atom. The summed E-state index contributed by atoms with van der Waals surface area (Å²) in [4.78, 5) is 29.4. The largest absolute Gasteiger partial charge is 0.352 e. The number of fused-ring (bicyclic) bond motifs is 2. The molecule has 0 radical (unpaired) electrons. The predicted octanol–water partition coefficient (Wildman–Crippen LogP) is 6.85. The topological polar surface area (TPSA) is 66.5 Å². The molecule has 2 aliphatic rings. The minimum Gasteiger partial charge on any atom is -0.352 e. The first-order chi connectivity index (χ1) is 18.5. The van der Waals surface area contributed by atoms with Gasteiger partial charge in [-0.15, -0.1) is 0 Å². The Morgan fingerprint density at radius 3 is 2.63 bits per heavy atom. The molecule has 1 saturated carbocycles. The summed E-state index contributed by atoms with van der Waals surface area (Å²) >= 11 is 8.23. The van der Waals surface area contributed by atoms with Gasteiger partial charge in [-0.1, -0.05) is 55.1 Å². The van der Waals surface area contributed by atoms with E-state index in [4.69, 9.17) is 11.6 Å². The zero-order valence-corrected chi connectivity index (χ0v) is 23.5. The van der Waals surface area contributed by atoms with Crippen molar-refractivity contribution < 1.29 is 13.8 Å². The summed E-state index contributed by atoms with van der Waals surface area (Å²) in [5.74, 6) is 0.581. The van der Waals surface area contributed by atoms with Crippen LogP contribution in [0.4, 0.5) is 5.69 Å². The number of amides is 2. The summed E-state index contributed by atoms with van der Waals surface area (Å²) in [5, 5.41) is 4.36. The van der Waals surface area contributed by atoms with E-state index in [1.807, 2.05) is 30.0 Å². The van der Waals surface area contributed by atoms with Gasteiger partial charge in [0.1, 0.15) is 0 Å². The predicted molar refractivity (Wildman–Crippen MR) is 156 cm³/mol. The molecule has 5 rings (SSSR count). The molecule has 1 fully saturated rings. The molecular weight excluding hydrogens is 536 g/mol. The van der Waals surface area contributed by atoms with Crippen LogP contribution >= 0.6 is 23.4 Å². The molecule has 3 aromatic carbocycles. The van der Waals surface area contributed by atoms with Gasteiger partial charge in [-0.3, -0.25) is 9.59 Å². The summed E-state index contributed by atoms with van der Waals surface area (Å²) in [6.07, 6.45) is 7.55. The van der Waals surface area contributed by atoms with Crippen molar-refractivity contribution in [2.24, 2.45) is 0 Å². The van der Waals surface area contributed by atoms with Crippen LogP contribution in [-0.4, -0.2) is 33.6 Å². The molecule has 2 amide bonds. The summed E-state index contributed by atoms with van der Waals surface area (Å²) in [6, 6.07) is 19.4. The average Bonchev–Trinajstić information content (AvgIpc) is 3.02. The van der Waals surface area contributed by atoms with Gasteiger partial charge in [0.2, 0.25) is 0 Å². The van der Waals surface area contributed by atoms with Crippen LogP contribution in [0.15, 0.2) is 76.5 Å². The number of nitrogens with zero attached hydrogens (tertiary/aromatic N) is 1. The molecule has 1 aliphatic heterocycles. The Hall–Kier alpha value is -2.61. The number of halogens is 1. The Labute approximate surface area is 235 Å². The third kappa shape index (κ3) is 6.16. The molecule has 3 aromatic rings. The highest BCUT2D eigenvalue weighted by Crippen LogP contribution is 2.36. The zero-order valence-electron chi connectivity index (χ0n) is 21.2. The van der Waals surface area contributed by atoms with E-state index in [-0.39, 0.29) is 18.4 Å². The van der Waals surface area contributed by atoms with Gasteiger partial charge in [-0.2, -0.15) is 11.8 Å². The van der Waals surface area contributed by atoms with Crippen LogP contribution in [0.3, 0.4) is 0 Å². The van der Waals surface area contributed by atoms with E-state index in [9.17, 15) is 13.8 Å². The van der Waals surface area contributed by atoms with Gasteiger partial charge in [0.15, 0.2) is 0 Å². The van der Waals surface area contributed by atoms with Gasteiger partial charge in [0.05, 0.1) is 38.4 Å². The van der Waals surface area contributed by atoms with Gasteiger partial charge in [-0.25, -0.2) is 4.21 Å². The lowest BCUT2D eigenvalue weighted by molar-refractivity contribution is 0.0950. The third-order valence-corrected chi connectivity index (χ3v) is 10.2. The highest BCUT2D eigenvalue weighted by atomic mass is 35.5. The van der Waals surface area contributed by atoms with Crippen molar-refractivity contribution >= 4 is 51.7 Å². The van der Waals surface area contributed by atoms with Crippen molar-refractivity contribution in [2.75, 3.05) is 17.2 Å². The molecule has 0 saturated heterocycles. The summed E-state index contributed by atoms with van der Waals surface area (Å²) < 4.78 is 13.6. The van der Waals surface area contributed by atoms with Crippen LogP contribution in [0, 0.1) is 0 Å². The van der Waals surface area contributed by atoms with Crippen molar-refractivity contribution in [3.05, 3.63) is 88.4 Å². The van der Waals surface area contributed by atoms with E-state index in [1.165, 1.54) is 32.1 Å². The second-order valence-corrected chi connectivity index (χ2v) is 13.0. The standard InChI is InChI=1S/C30H31ClN2O3S2/c31-23-9-6-8-21(18-23)20-33-26-19-22(29(34)32-16-7-17-37-24-10-2-1-3-11-24)14-15-28(26)38(36)27-13-5-4-12-25(27)30(33)35/h4-6,8-9,12-15,18-19,24H,1-3,7,10-11,16-17,20H2,(H,32,34)/t38-/m0/s1. The Kier molecular flexibility index (Phi) is 8.87. The molecule has 0 unspecified atom stereocenters. The second kappa shape index (κ2) is 12.5. The lowest BCUT2D eigenvalue weighted by Crippen LogP contribution is -2.31. The van der Waals surface area contributed by atoms with Crippen molar-refractivity contribution in [3.63, 3.8) is 0 Å². The van der Waals surface area contributed by atoms with Crippen LogP contribution in [-0.2, 0) is 17.3 Å². The van der Waals surface area contributed by atoms with Gasteiger partial charge >= 0.3 is 0 Å². The van der Waals surface area contributed by atoms with E-state index < -0.39 is 10.8 Å². The van der Waals surface area contributed by atoms with Crippen molar-refractivity contribution in [3.8, 4) is 0 Å². The highest BCUT2D eigenvalue weighted by molar-refractivity contribution is 7.99. The molecule has 1 N–H and O–H groups in total. The first-order valence-corrected chi connectivity index (χ1v) is 15.7. The van der Waals surface area contributed by atoms with Crippen molar-refractivity contribution in [1.82, 2.24) is 5.32 Å². The minimum atomic E-state index is -1.57. The number of carbonyl (C=O) groups excluding carboxylic acids is 2. The quantitative estimate of drug-likeness (QED) is 0.303. The fourth-order valence-electron chi connectivity index (χ4n) is 5.04. The maximum atomic E-state index is 13.7. The Morgan fingerprint density at radius 1 is 1.00 bits per heavy atom. The molecular formula is C30H31ClN2O3S2. The van der Waals surface area contributed by atoms with Gasteiger partial charge in [-0.05, 0) is 73.0 Å². The normalized spacial score (nSPS) is 17.4. The lowest BCUT2D eigenvalue weighted by atomic mass is 10.0. The smallest absolute Gasteiger partial charge is 0.259 e. The molecule has 0 spiro atoms. The van der Waals surface area contributed by atoms with Crippen LogP contribution in [0.1, 0.15) is 64.8 Å². The molecule has 8 heteroatoms. The average molecular weight is 567 g/mol. The maximum Gasteiger partial charge on any atom is 0.259 e. The fraction of sp³-hybridized carbons (Fsp3) is 0.333. The van der Waals surface area contributed by atoms with Crippen molar-refractivity contribution in [2.45, 2.75) is 60.1 Å². The van der Waals surface area contributed by atoms with E-state index in [0.29, 0.717) is 38.2 Å². The van der Waals surface area contributed by atoms with Crippen LogP contribution in [0.25, 0.3) is 0 Å². The van der Waals surface area contributed by atoms with E-state index in [1.54, 1.807) is 53.4 Å². The molecule has 0 aromatic heterocycles. The number of hydrogen-bond acceptors (Lipinski definition) is 4. The number of carbonyl (C=O) groups is 2. The number of thioether (sulfide) groups is 1. The van der Waals surface area contributed by atoms with E-state index in [0.717, 1.165) is 23.0 Å². The van der Waals surface area contributed by atoms with Crippen molar-refractivity contribution in [1.29, 1.82) is 0 Å². The molecule has 38 heavy (non-hydrogen) atoms. The van der Waals surface area contributed by atoms with Crippen LogP contribution < -0.4 is 10.2 Å². The zero-order chi connectivity index (χ0) is 26.5. The van der Waals surface area contributed by atoms with Gasteiger partial charge in [0, 0.05) is 22.4 Å². The summed E-state index contributed by atoms with van der Waals surface area (Å²) in [5.41, 5.74) is 2.15. The second-order valence-electron chi connectivity index (χ2n) is 9.71. The Bertz CT molecular complexity index is 1360. The first kappa shape index (κ1) is 27.0. The SMILES string of the molecule is O=C(NCCCSC1CCCCC1)c1ccc2c(c1)N(Cc1cccc(Cl)c1)C(=O)c1ccccc1[S@@]2=O. The highest BCUT2D eigenvalue weighted by Gasteiger charge is 2.31. The number of anilines is 1. The number of rotatable bonds is 8. The third-order valence-electron chi connectivity index (χ3n) is 7.02. The number of benzene rings is 3. The molecule has 1 aliphatic carbocycles. The Balaban J connectivity index is 1.36. The van der Waals surface area contributed by atoms with Crippen LogP contribution in [0.2, 0.25) is 5.02 Å². The van der Waals surface area contributed by atoms with E-state index in [2.05, 4.69) is 5.32 Å². The minimum absolute atomic E-state index is 0.196. The van der Waals surface area contributed by atoms with E-state index >= 15 is 0 Å². The molecule has 1 heterocycles. The van der Waals surface area contributed by atoms with Crippen LogP contribution in [0.5, 0.6) is 0 Å². The van der Waals surface area contributed by atoms with Gasteiger partial charge in [0.25, 0.3) is 11.8 Å². The number of hydrogen-bond donors (Lipinski definition) is 1. The summed E-state index contributed by atoms with van der Waals surface area (Å²) in [7, 11) is -1.57. The fourth-order valence-corrected chi connectivity index (χ4v) is 7.91. The monoisotopic (exact) mass is 566 g/mol. The summed E-state index contributed by atoms with van der Waals surface area (Å²) in [6.45, 7) is 0.833. The first-order valence-electron chi connectivity index (χ1n) is 13.1. The molecule has 5 nitrogen and oxygen atoms in total. The number of nitrogens with one attached hydrogen (secondary N) is 1. The lowest BCUT2D eigenvalue weighted by Gasteiger charge is -2.24. The molecule has 0 bridgehead atoms. The maximum absolute atomic E-state index is 13.7.